The van der Waals surface area contributed by atoms with Crippen LogP contribution in [0.2, 0.25) is 0 Å². The monoisotopic (exact) mass is 337 g/mol. The molecule has 0 fully saturated rings. The number of hydrogen-bond donors (Lipinski definition) is 0. The number of nitrogens with zero attached hydrogens (tertiary/aromatic N) is 5. The number of aryl methyl sites for hydroxylation is 1. The summed E-state index contributed by atoms with van der Waals surface area (Å²) in [5, 5.41) is 4.11. The summed E-state index contributed by atoms with van der Waals surface area (Å²) in [7, 11) is 1.82. The van der Waals surface area contributed by atoms with Crippen molar-refractivity contribution in [3.05, 3.63) is 71.8 Å². The molecule has 124 valence electrons. The summed E-state index contributed by atoms with van der Waals surface area (Å²) < 4.78 is 29.3. The fraction of sp³-hybridized carbons (Fsp3) is 0.111. The second kappa shape index (κ2) is 6.01. The molecule has 4 aromatic rings. The first kappa shape index (κ1) is 15.3. The van der Waals surface area contributed by atoms with E-state index in [1.54, 1.807) is 29.2 Å². The Labute approximate surface area is 142 Å². The number of benzene rings is 1. The molecule has 0 amide bonds. The smallest absolute Gasteiger partial charge is 0.179 e. The number of halogens is 2. The lowest BCUT2D eigenvalue weighted by atomic mass is 10.1. The summed E-state index contributed by atoms with van der Waals surface area (Å²) in [5.74, 6) is -1.17. The van der Waals surface area contributed by atoms with Crippen molar-refractivity contribution >= 4 is 11.2 Å². The lowest BCUT2D eigenvalue weighted by Crippen LogP contribution is -2.00. The first-order chi connectivity index (χ1) is 12.1. The predicted octanol–water partition coefficient (Wildman–Crippen LogP) is 3.29. The lowest BCUT2D eigenvalue weighted by molar-refractivity contribution is 0.560. The Hall–Kier alpha value is -3.22. The molecule has 1 aromatic carbocycles. The molecule has 0 aliphatic carbocycles. The van der Waals surface area contributed by atoms with Crippen molar-refractivity contribution in [1.82, 2.24) is 24.7 Å². The highest BCUT2D eigenvalue weighted by Crippen LogP contribution is 2.20. The SMILES string of the molecule is Cn1cc(-c2cnc3ccc(Cc4c(F)cccc4F)nc3n2)cn1. The Kier molecular flexibility index (Phi) is 3.68. The van der Waals surface area contributed by atoms with Gasteiger partial charge in [0.05, 0.1) is 18.1 Å². The highest BCUT2D eigenvalue weighted by atomic mass is 19.1. The maximum Gasteiger partial charge on any atom is 0.179 e. The quantitative estimate of drug-likeness (QED) is 0.576. The molecule has 0 saturated heterocycles. The molecule has 7 heteroatoms. The van der Waals surface area contributed by atoms with E-state index in [0.29, 0.717) is 22.6 Å². The van der Waals surface area contributed by atoms with E-state index in [2.05, 4.69) is 20.1 Å². The molecule has 0 spiro atoms. The van der Waals surface area contributed by atoms with Crippen molar-refractivity contribution in [2.45, 2.75) is 6.42 Å². The zero-order chi connectivity index (χ0) is 17.4. The standard InChI is InChI=1S/C18H13F2N5/c1-25-10-11(8-22-25)17-9-21-16-6-5-12(23-18(16)24-17)7-13-14(19)3-2-4-15(13)20/h2-6,8-10H,7H2,1H3. The van der Waals surface area contributed by atoms with Gasteiger partial charge in [0.15, 0.2) is 5.65 Å². The Morgan fingerprint density at radius 3 is 2.52 bits per heavy atom. The molecule has 0 aliphatic heterocycles. The Morgan fingerprint density at radius 2 is 1.80 bits per heavy atom. The summed E-state index contributed by atoms with van der Waals surface area (Å²) in [5.41, 5.74) is 3.02. The largest absolute Gasteiger partial charge is 0.275 e. The zero-order valence-corrected chi connectivity index (χ0v) is 13.3. The minimum atomic E-state index is -0.586. The Balaban J connectivity index is 1.74. The van der Waals surface area contributed by atoms with E-state index in [1.807, 2.05) is 13.2 Å². The van der Waals surface area contributed by atoms with Crippen LogP contribution in [0.25, 0.3) is 22.4 Å². The molecular formula is C18H13F2N5. The van der Waals surface area contributed by atoms with Crippen molar-refractivity contribution in [2.24, 2.45) is 7.05 Å². The van der Waals surface area contributed by atoms with Crippen LogP contribution in [0.5, 0.6) is 0 Å². The minimum absolute atomic E-state index is 0.00859. The maximum absolute atomic E-state index is 13.8. The van der Waals surface area contributed by atoms with Crippen molar-refractivity contribution < 1.29 is 8.78 Å². The number of fused-ring (bicyclic) bond motifs is 1. The lowest BCUT2D eigenvalue weighted by Gasteiger charge is -2.06. The first-order valence-electron chi connectivity index (χ1n) is 7.65. The van der Waals surface area contributed by atoms with E-state index in [9.17, 15) is 8.78 Å². The Morgan fingerprint density at radius 1 is 1.00 bits per heavy atom. The molecular weight excluding hydrogens is 324 g/mol. The normalized spacial score (nSPS) is 11.2. The van der Waals surface area contributed by atoms with E-state index < -0.39 is 11.6 Å². The molecule has 0 aliphatic rings. The van der Waals surface area contributed by atoms with Gasteiger partial charge in [-0.1, -0.05) is 6.07 Å². The molecule has 0 bridgehead atoms. The van der Waals surface area contributed by atoms with Crippen LogP contribution in [0.15, 0.2) is 48.9 Å². The summed E-state index contributed by atoms with van der Waals surface area (Å²) in [6.45, 7) is 0. The van der Waals surface area contributed by atoms with Gasteiger partial charge in [-0.3, -0.25) is 9.67 Å². The van der Waals surface area contributed by atoms with Crippen LogP contribution >= 0.6 is 0 Å². The van der Waals surface area contributed by atoms with Crippen LogP contribution in [-0.4, -0.2) is 24.7 Å². The van der Waals surface area contributed by atoms with Gasteiger partial charge in [-0.2, -0.15) is 5.10 Å². The number of aromatic nitrogens is 5. The fourth-order valence-electron chi connectivity index (χ4n) is 2.61. The van der Waals surface area contributed by atoms with Gasteiger partial charge in [0, 0.05) is 36.5 Å². The van der Waals surface area contributed by atoms with Gasteiger partial charge in [-0.15, -0.1) is 0 Å². The second-order valence-corrected chi connectivity index (χ2v) is 5.68. The van der Waals surface area contributed by atoms with Crippen LogP contribution in [0.1, 0.15) is 11.3 Å². The summed E-state index contributed by atoms with van der Waals surface area (Å²) in [4.78, 5) is 13.2. The van der Waals surface area contributed by atoms with Gasteiger partial charge in [-0.05, 0) is 24.3 Å². The van der Waals surface area contributed by atoms with Crippen LogP contribution in [0, 0.1) is 11.6 Å². The van der Waals surface area contributed by atoms with Crippen LogP contribution in [-0.2, 0) is 13.5 Å². The molecule has 0 radical (unpaired) electrons. The molecule has 0 N–H and O–H groups in total. The van der Waals surface area contributed by atoms with E-state index in [-0.39, 0.29) is 12.0 Å². The predicted molar refractivity (Wildman–Crippen MR) is 88.7 cm³/mol. The van der Waals surface area contributed by atoms with Crippen LogP contribution in [0.3, 0.4) is 0 Å². The van der Waals surface area contributed by atoms with Crippen molar-refractivity contribution in [2.75, 3.05) is 0 Å². The van der Waals surface area contributed by atoms with Crippen LogP contribution < -0.4 is 0 Å². The van der Waals surface area contributed by atoms with Crippen molar-refractivity contribution in [3.63, 3.8) is 0 Å². The molecule has 4 rings (SSSR count). The highest BCUT2D eigenvalue weighted by molar-refractivity contribution is 5.73. The van der Waals surface area contributed by atoms with Gasteiger partial charge >= 0.3 is 0 Å². The van der Waals surface area contributed by atoms with E-state index in [4.69, 9.17) is 0 Å². The third-order valence-corrected chi connectivity index (χ3v) is 3.88. The summed E-state index contributed by atoms with van der Waals surface area (Å²) in [6.07, 6.45) is 5.22. The Bertz CT molecular complexity index is 1050. The van der Waals surface area contributed by atoms with Gasteiger partial charge in [-0.25, -0.2) is 18.7 Å². The number of pyridine rings is 1. The minimum Gasteiger partial charge on any atom is -0.275 e. The fourth-order valence-corrected chi connectivity index (χ4v) is 2.61. The van der Waals surface area contributed by atoms with E-state index >= 15 is 0 Å². The zero-order valence-electron chi connectivity index (χ0n) is 13.3. The molecule has 0 unspecified atom stereocenters. The molecule has 3 heterocycles. The maximum atomic E-state index is 13.8. The molecule has 5 nitrogen and oxygen atoms in total. The first-order valence-corrected chi connectivity index (χ1v) is 7.65. The average Bonchev–Trinajstić information content (AvgIpc) is 3.04. The van der Waals surface area contributed by atoms with Gasteiger partial charge in [0.25, 0.3) is 0 Å². The van der Waals surface area contributed by atoms with Gasteiger partial charge < -0.3 is 0 Å². The molecule has 25 heavy (non-hydrogen) atoms. The summed E-state index contributed by atoms with van der Waals surface area (Å²) in [6, 6.07) is 7.26. The number of hydrogen-bond acceptors (Lipinski definition) is 4. The third kappa shape index (κ3) is 2.96. The number of rotatable bonds is 3. The van der Waals surface area contributed by atoms with Crippen molar-refractivity contribution in [1.29, 1.82) is 0 Å². The molecule has 3 aromatic heterocycles. The van der Waals surface area contributed by atoms with Gasteiger partial charge in [0.2, 0.25) is 0 Å². The van der Waals surface area contributed by atoms with Crippen LogP contribution in [0.4, 0.5) is 8.78 Å². The third-order valence-electron chi connectivity index (χ3n) is 3.88. The second-order valence-electron chi connectivity index (χ2n) is 5.68. The topological polar surface area (TPSA) is 56.5 Å². The molecule has 0 saturated carbocycles. The van der Waals surface area contributed by atoms with E-state index in [0.717, 1.165) is 5.56 Å². The average molecular weight is 337 g/mol. The summed E-state index contributed by atoms with van der Waals surface area (Å²) >= 11 is 0. The van der Waals surface area contributed by atoms with Crippen molar-refractivity contribution in [3.8, 4) is 11.3 Å². The molecule has 0 atom stereocenters. The highest BCUT2D eigenvalue weighted by Gasteiger charge is 2.11. The van der Waals surface area contributed by atoms with Gasteiger partial charge in [0.1, 0.15) is 17.2 Å². The van der Waals surface area contributed by atoms with E-state index in [1.165, 1.54) is 18.2 Å².